The second-order valence-electron chi connectivity index (χ2n) is 9.06. The van der Waals surface area contributed by atoms with Gasteiger partial charge in [-0.05, 0) is 48.6 Å². The van der Waals surface area contributed by atoms with Crippen LogP contribution >= 0.6 is 0 Å². The fourth-order valence-corrected chi connectivity index (χ4v) is 5.39. The molecule has 0 aliphatic carbocycles. The van der Waals surface area contributed by atoms with Crippen molar-refractivity contribution in [3.8, 4) is 28.4 Å². The minimum absolute atomic E-state index is 0.0657. The molecule has 6 rings (SSSR count). The van der Waals surface area contributed by atoms with Crippen molar-refractivity contribution in [2.45, 2.75) is 43.7 Å². The number of benzene rings is 1. The van der Waals surface area contributed by atoms with Crippen molar-refractivity contribution in [2.75, 3.05) is 6.61 Å². The number of hydrogen-bond donors (Lipinski definition) is 2. The lowest BCUT2D eigenvalue weighted by molar-refractivity contribution is -0.0683. The minimum Gasteiger partial charge on any atom is -0.507 e. The monoisotopic (exact) mass is 451 g/mol. The number of nitrogens with one attached hydrogen (secondary N) is 1. The van der Waals surface area contributed by atoms with E-state index in [0.29, 0.717) is 42.1 Å². The van der Waals surface area contributed by atoms with Gasteiger partial charge in [-0.2, -0.15) is 5.10 Å². The molecular formula is C24H23F2N5O2. The van der Waals surface area contributed by atoms with Gasteiger partial charge in [0.1, 0.15) is 29.5 Å². The van der Waals surface area contributed by atoms with Crippen molar-refractivity contribution < 1.29 is 18.6 Å². The summed E-state index contributed by atoms with van der Waals surface area (Å²) in [5.41, 5.74) is 3.46. The summed E-state index contributed by atoms with van der Waals surface area (Å²) in [7, 11) is 0. The molecule has 2 saturated heterocycles. The van der Waals surface area contributed by atoms with Crippen molar-refractivity contribution in [3.63, 3.8) is 0 Å². The Morgan fingerprint density at radius 3 is 2.67 bits per heavy atom. The zero-order valence-corrected chi connectivity index (χ0v) is 17.8. The molecule has 0 saturated carbocycles. The molecule has 33 heavy (non-hydrogen) atoms. The Labute approximate surface area is 189 Å². The highest BCUT2D eigenvalue weighted by Gasteiger charge is 2.46. The van der Waals surface area contributed by atoms with Crippen molar-refractivity contribution in [3.05, 3.63) is 54.5 Å². The summed E-state index contributed by atoms with van der Waals surface area (Å²) in [5.74, 6) is -1.78. The van der Waals surface area contributed by atoms with Gasteiger partial charge in [0, 0.05) is 55.0 Å². The Balaban J connectivity index is 1.27. The summed E-state index contributed by atoms with van der Waals surface area (Å²) in [5, 5.41) is 26.9. The summed E-state index contributed by atoms with van der Waals surface area (Å²) >= 11 is 0. The first kappa shape index (κ1) is 20.3. The highest BCUT2D eigenvalue weighted by molar-refractivity contribution is 5.75. The summed E-state index contributed by atoms with van der Waals surface area (Å²) in [6.07, 6.45) is 6.53. The molecule has 2 N–H and O–H groups in total. The van der Waals surface area contributed by atoms with E-state index in [2.05, 4.69) is 20.6 Å². The molecule has 2 fully saturated rings. The Bertz CT molecular complexity index is 1210. The second-order valence-corrected chi connectivity index (χ2v) is 9.06. The van der Waals surface area contributed by atoms with E-state index in [1.807, 2.05) is 18.2 Å². The van der Waals surface area contributed by atoms with E-state index in [0.717, 1.165) is 11.3 Å². The molecule has 3 aromatic rings. The molecule has 3 aliphatic rings. The number of fused-ring (bicyclic) bond motifs is 3. The second kappa shape index (κ2) is 7.62. The predicted molar refractivity (Wildman–Crippen MR) is 117 cm³/mol. The predicted octanol–water partition coefficient (Wildman–Crippen LogP) is 3.98. The summed E-state index contributed by atoms with van der Waals surface area (Å²) in [4.78, 5) is 0. The van der Waals surface area contributed by atoms with E-state index >= 15 is 0 Å². The molecule has 9 heteroatoms. The molecule has 0 spiro atoms. The Hall–Kier alpha value is -3.33. The number of phenolic OH excluding ortho intramolecular Hbond substituents is 1. The molecule has 7 nitrogen and oxygen atoms in total. The van der Waals surface area contributed by atoms with Crippen LogP contribution in [0.3, 0.4) is 0 Å². The number of piperidine rings is 2. The van der Waals surface area contributed by atoms with E-state index < -0.39 is 5.92 Å². The first-order chi connectivity index (χ1) is 15.9. The van der Waals surface area contributed by atoms with Gasteiger partial charge in [0.25, 0.3) is 5.92 Å². The van der Waals surface area contributed by atoms with Crippen molar-refractivity contribution in [2.24, 2.45) is 5.92 Å². The lowest BCUT2D eigenvalue weighted by Crippen LogP contribution is -2.54. The van der Waals surface area contributed by atoms with Crippen LogP contribution in [0.5, 0.6) is 11.5 Å². The third-order valence-electron chi connectivity index (χ3n) is 6.74. The molecule has 0 amide bonds. The molecule has 3 atom stereocenters. The number of allylic oxidation sites excluding steroid dienone is 1. The summed E-state index contributed by atoms with van der Waals surface area (Å²) in [6, 6.07) is 8.45. The summed E-state index contributed by atoms with van der Waals surface area (Å²) in [6.45, 7) is 0.396. The Kier molecular flexibility index (Phi) is 4.69. The largest absolute Gasteiger partial charge is 0.507 e. The van der Waals surface area contributed by atoms with Gasteiger partial charge in [0.05, 0.1) is 5.69 Å². The molecule has 170 valence electrons. The standard InChI is InChI=1S/C24H23F2N5O2/c25-24(26)12-15-8-14(9-16(13-24)28-15)18-4-7-33-22-11-20(29-30-23(18)22)19-3-2-17(10-21(19)32)31-6-1-5-27-31/h1-6,10-11,14-16,28,32H,7-9,12-13H2/t14-,15+,16-. The first-order valence-corrected chi connectivity index (χ1v) is 11.1. The van der Waals surface area contributed by atoms with Crippen LogP contribution in [0.4, 0.5) is 8.78 Å². The fourth-order valence-electron chi connectivity index (χ4n) is 5.39. The zero-order chi connectivity index (χ0) is 22.6. The normalized spacial score (nSPS) is 25.6. The van der Waals surface area contributed by atoms with Crippen LogP contribution in [0.25, 0.3) is 22.5 Å². The average Bonchev–Trinajstić information content (AvgIpc) is 3.32. The molecular weight excluding hydrogens is 428 g/mol. The van der Waals surface area contributed by atoms with E-state index in [4.69, 9.17) is 4.74 Å². The van der Waals surface area contributed by atoms with Gasteiger partial charge in [-0.25, -0.2) is 13.5 Å². The third kappa shape index (κ3) is 3.76. The Morgan fingerprint density at radius 2 is 1.94 bits per heavy atom. The lowest BCUT2D eigenvalue weighted by atomic mass is 9.74. The highest BCUT2D eigenvalue weighted by atomic mass is 19.3. The minimum atomic E-state index is -2.59. The Morgan fingerprint density at radius 1 is 1.12 bits per heavy atom. The number of halogens is 2. The summed E-state index contributed by atoms with van der Waals surface area (Å²) < 4.78 is 35.4. The van der Waals surface area contributed by atoms with E-state index in [-0.39, 0.29) is 36.6 Å². The van der Waals surface area contributed by atoms with Gasteiger partial charge < -0.3 is 15.2 Å². The maximum atomic E-state index is 14.0. The van der Waals surface area contributed by atoms with Crippen LogP contribution in [-0.2, 0) is 0 Å². The van der Waals surface area contributed by atoms with Crippen molar-refractivity contribution in [1.82, 2.24) is 25.3 Å². The van der Waals surface area contributed by atoms with Crippen LogP contribution in [0.1, 0.15) is 31.4 Å². The maximum Gasteiger partial charge on any atom is 0.251 e. The number of aromatic nitrogens is 4. The quantitative estimate of drug-likeness (QED) is 0.627. The molecule has 5 heterocycles. The number of alkyl halides is 2. The maximum absolute atomic E-state index is 14.0. The SMILES string of the molecule is Oc1cc(-n2cccn2)ccc1-c1cc2c(nn1)C([C@H]1C[C@@H]3CC(F)(F)C[C@H](C1)N3)=CCO2. The van der Waals surface area contributed by atoms with Crippen LogP contribution in [0, 0.1) is 5.92 Å². The number of aromatic hydroxyl groups is 1. The van der Waals surface area contributed by atoms with E-state index in [1.165, 1.54) is 0 Å². The van der Waals surface area contributed by atoms with E-state index in [1.54, 1.807) is 35.3 Å². The number of hydrogen-bond acceptors (Lipinski definition) is 6. The highest BCUT2D eigenvalue weighted by Crippen LogP contribution is 2.45. The van der Waals surface area contributed by atoms with Gasteiger partial charge in [-0.3, -0.25) is 0 Å². The number of ether oxygens (including phenoxy) is 1. The van der Waals surface area contributed by atoms with Crippen molar-refractivity contribution in [1.29, 1.82) is 0 Å². The van der Waals surface area contributed by atoms with Crippen LogP contribution in [0.2, 0.25) is 0 Å². The molecule has 1 aromatic carbocycles. The van der Waals surface area contributed by atoms with Crippen molar-refractivity contribution >= 4 is 5.57 Å². The van der Waals surface area contributed by atoms with Crippen LogP contribution in [0.15, 0.2) is 48.8 Å². The molecule has 3 aliphatic heterocycles. The van der Waals surface area contributed by atoms with Gasteiger partial charge in [0.15, 0.2) is 0 Å². The van der Waals surface area contributed by atoms with Gasteiger partial charge in [0.2, 0.25) is 0 Å². The molecule has 0 unspecified atom stereocenters. The van der Waals surface area contributed by atoms with Gasteiger partial charge >= 0.3 is 0 Å². The van der Waals surface area contributed by atoms with Crippen LogP contribution < -0.4 is 10.1 Å². The molecule has 2 aromatic heterocycles. The average molecular weight is 451 g/mol. The molecule has 0 radical (unpaired) electrons. The first-order valence-electron chi connectivity index (χ1n) is 11.1. The van der Waals surface area contributed by atoms with Gasteiger partial charge in [-0.15, -0.1) is 10.2 Å². The number of rotatable bonds is 3. The lowest BCUT2D eigenvalue weighted by Gasteiger charge is -2.44. The number of phenols is 1. The fraction of sp³-hybridized carbons (Fsp3) is 0.375. The van der Waals surface area contributed by atoms with E-state index in [9.17, 15) is 13.9 Å². The smallest absolute Gasteiger partial charge is 0.251 e. The number of nitrogens with zero attached hydrogens (tertiary/aromatic N) is 4. The third-order valence-corrected chi connectivity index (χ3v) is 6.74. The zero-order valence-electron chi connectivity index (χ0n) is 17.8. The van der Waals surface area contributed by atoms with Gasteiger partial charge in [-0.1, -0.05) is 0 Å². The topological polar surface area (TPSA) is 85.1 Å². The van der Waals surface area contributed by atoms with Crippen LogP contribution in [-0.4, -0.2) is 49.7 Å². The molecule has 2 bridgehead atoms.